The molecule has 0 N–H and O–H groups in total. The fourth-order valence-electron chi connectivity index (χ4n) is 14.0. The highest BCUT2D eigenvalue weighted by molar-refractivity contribution is 6.26. The summed E-state index contributed by atoms with van der Waals surface area (Å²) in [5.74, 6) is 0. The van der Waals surface area contributed by atoms with E-state index in [1.165, 1.54) is 97.3 Å². The van der Waals surface area contributed by atoms with Gasteiger partial charge >= 0.3 is 0 Å². The lowest BCUT2D eigenvalue weighted by molar-refractivity contribution is 1.46. The van der Waals surface area contributed by atoms with Gasteiger partial charge in [-0.2, -0.15) is 0 Å². The van der Waals surface area contributed by atoms with E-state index in [0.717, 1.165) is 86.7 Å². The Labute approximate surface area is 530 Å². The van der Waals surface area contributed by atoms with Gasteiger partial charge in [-0.15, -0.1) is 0 Å². The second kappa shape index (κ2) is 21.9. The molecular formula is C90H56N2. The van der Waals surface area contributed by atoms with Crippen molar-refractivity contribution in [3.8, 4) is 11.1 Å². The van der Waals surface area contributed by atoms with Crippen molar-refractivity contribution in [2.24, 2.45) is 0 Å². The molecule has 0 radical (unpaired) electrons. The first-order valence-corrected chi connectivity index (χ1v) is 31.6. The molecule has 0 fully saturated rings. The number of hydrogen-bond donors (Lipinski definition) is 0. The minimum Gasteiger partial charge on any atom is -0.245 e. The summed E-state index contributed by atoms with van der Waals surface area (Å²) in [4.78, 5) is 10.6. The van der Waals surface area contributed by atoms with Gasteiger partial charge in [0.15, 0.2) is 0 Å². The van der Waals surface area contributed by atoms with Gasteiger partial charge in [0.25, 0.3) is 0 Å². The standard InChI is InChI=1S/C90H56N2/c1-2-16-83-81(14-1)82-15-3-4-17-84(82)86-56-77(44-47-85(83)86)80-54-78-53-79(55-80)76-13-7-11-74(52-76)66-32-30-65(31-33-66)72-9-5-8-71(50-72)63-26-24-60(25-27-63)62-36-40-68(41-37-62)88-49-46-70-43-42-69-45-48-87(91-89(69)90(70)92-88)67-38-34-61(35-39-67)58-20-18-57(19-21-58)59-22-28-64(29-23-59)73-10-6-12-75(78)51-73/h1-56H. The maximum absolute atomic E-state index is 5.29. The topological polar surface area (TPSA) is 25.8 Å². The van der Waals surface area contributed by atoms with Crippen molar-refractivity contribution in [3.05, 3.63) is 340 Å². The van der Waals surface area contributed by atoms with Crippen molar-refractivity contribution >= 4 is 173 Å². The van der Waals surface area contributed by atoms with Gasteiger partial charge in [0, 0.05) is 21.5 Å². The molecule has 0 aliphatic heterocycles. The normalized spacial score (nSPS) is 11.7. The van der Waals surface area contributed by atoms with Crippen molar-refractivity contribution < 1.29 is 0 Å². The van der Waals surface area contributed by atoms with Crippen LogP contribution in [0.25, 0.3) is 184 Å². The molecule has 0 aliphatic carbocycles. The molecule has 11 heterocycles. The first-order chi connectivity index (χ1) is 45.5. The summed E-state index contributed by atoms with van der Waals surface area (Å²) >= 11 is 0. The molecule has 92 heavy (non-hydrogen) atoms. The molecule has 2 nitrogen and oxygen atoms in total. The summed E-state index contributed by atoms with van der Waals surface area (Å²) in [6.07, 6.45) is 0. The number of rotatable bonds is 1. The van der Waals surface area contributed by atoms with Crippen LogP contribution in [-0.4, -0.2) is 9.97 Å². The highest BCUT2D eigenvalue weighted by atomic mass is 14.8. The smallest absolute Gasteiger partial charge is 0.0972 e. The maximum atomic E-state index is 5.29. The molecule has 0 saturated carbocycles. The van der Waals surface area contributed by atoms with Gasteiger partial charge in [0.2, 0.25) is 0 Å². The molecule has 2 heteroatoms. The van der Waals surface area contributed by atoms with E-state index in [1.54, 1.807) is 0 Å². The molecule has 0 saturated heterocycles. The van der Waals surface area contributed by atoms with Crippen molar-refractivity contribution in [1.82, 2.24) is 9.97 Å². The minimum absolute atomic E-state index is 0.898. The van der Waals surface area contributed by atoms with E-state index in [2.05, 4.69) is 340 Å². The number of aromatic nitrogens is 2. The van der Waals surface area contributed by atoms with Crippen molar-refractivity contribution in [2.75, 3.05) is 0 Å². The number of nitrogens with zero attached hydrogens (tertiary/aromatic N) is 2. The minimum atomic E-state index is 0.898. The van der Waals surface area contributed by atoms with Crippen LogP contribution in [0.3, 0.4) is 0 Å². The Balaban J connectivity index is 0.818. The van der Waals surface area contributed by atoms with Crippen LogP contribution in [-0.2, 0) is 0 Å². The lowest BCUT2D eigenvalue weighted by Gasteiger charge is -2.12. The predicted molar refractivity (Wildman–Crippen MR) is 398 cm³/mol. The second-order valence-electron chi connectivity index (χ2n) is 24.5. The van der Waals surface area contributed by atoms with Crippen LogP contribution < -0.4 is 0 Å². The van der Waals surface area contributed by atoms with Crippen LogP contribution in [0.5, 0.6) is 0 Å². The molecule has 24 bridgehead atoms. The van der Waals surface area contributed by atoms with E-state index < -0.39 is 0 Å². The first-order valence-electron chi connectivity index (χ1n) is 31.6. The van der Waals surface area contributed by atoms with Crippen molar-refractivity contribution in [2.45, 2.75) is 0 Å². The molecule has 426 valence electrons. The molecule has 15 aromatic carbocycles. The maximum Gasteiger partial charge on any atom is 0.0972 e. The van der Waals surface area contributed by atoms with Crippen LogP contribution in [0.15, 0.2) is 340 Å². The molecule has 26 aromatic rings. The second-order valence-corrected chi connectivity index (χ2v) is 24.5. The molecular weight excluding hydrogens is 1110 g/mol. The largest absolute Gasteiger partial charge is 0.245 e. The quantitative estimate of drug-likeness (QED) is 0.153. The van der Waals surface area contributed by atoms with E-state index in [4.69, 9.17) is 9.97 Å². The average Bonchev–Trinajstić information content (AvgIpc) is 0.766. The fraction of sp³-hybridized carbons (Fsp3) is 0. The zero-order valence-electron chi connectivity index (χ0n) is 50.2. The monoisotopic (exact) mass is 1160 g/mol. The Morgan fingerprint density at radius 1 is 0.130 bits per heavy atom. The molecule has 0 spiro atoms. The average molecular weight is 1170 g/mol. The number of pyridine rings is 2. The SMILES string of the molecule is c1cc2cc(c1)c1ccc(cc1)c1cccc(c1)c1cc(-c3ccc4c5ccccc5c5ccccc5c4c3)cc(c1)c1cccc(c1)c1ccc(cc1)c1ccc(cc1)c1ccc(cc1)c1ccc3ccc4ccc(nc4c3n1)c1ccc(cc1)c1ccc2cc1. The van der Waals surface area contributed by atoms with E-state index in [1.807, 2.05) is 0 Å². The van der Waals surface area contributed by atoms with Gasteiger partial charge in [-0.1, -0.05) is 285 Å². The third-order valence-corrected chi connectivity index (χ3v) is 19.0. The van der Waals surface area contributed by atoms with Gasteiger partial charge in [-0.05, 0) is 195 Å². The summed E-state index contributed by atoms with van der Waals surface area (Å²) in [6.45, 7) is 0. The molecule has 26 rings (SSSR count). The van der Waals surface area contributed by atoms with E-state index in [9.17, 15) is 0 Å². The Hall–Kier alpha value is -12.1. The van der Waals surface area contributed by atoms with Gasteiger partial charge in [0.1, 0.15) is 0 Å². The summed E-state index contributed by atoms with van der Waals surface area (Å²) in [5, 5.41) is 32.9. The van der Waals surface area contributed by atoms with Crippen LogP contribution in [0.2, 0.25) is 0 Å². The molecule has 0 aliphatic rings. The van der Waals surface area contributed by atoms with Gasteiger partial charge in [-0.3, -0.25) is 0 Å². The van der Waals surface area contributed by atoms with Crippen LogP contribution in [0.1, 0.15) is 0 Å². The lowest BCUT2D eigenvalue weighted by atomic mass is 9.91. The summed E-state index contributed by atoms with van der Waals surface area (Å²) in [7, 11) is 0. The summed E-state index contributed by atoms with van der Waals surface area (Å²) in [5.41, 5.74) is 5.99. The Kier molecular flexibility index (Phi) is 12.6. The van der Waals surface area contributed by atoms with E-state index in [0.29, 0.717) is 0 Å². The van der Waals surface area contributed by atoms with Crippen LogP contribution in [0, 0.1) is 0 Å². The third-order valence-electron chi connectivity index (χ3n) is 19.0. The third kappa shape index (κ3) is 9.53. The zero-order valence-corrected chi connectivity index (χ0v) is 50.2. The summed E-state index contributed by atoms with van der Waals surface area (Å²) in [6, 6.07) is 125. The van der Waals surface area contributed by atoms with Crippen LogP contribution in [0.4, 0.5) is 0 Å². The first kappa shape index (κ1) is 53.0. The van der Waals surface area contributed by atoms with Crippen molar-refractivity contribution in [3.63, 3.8) is 0 Å². The molecule has 11 aromatic heterocycles. The van der Waals surface area contributed by atoms with Crippen LogP contribution >= 0.6 is 0 Å². The molecule has 0 atom stereocenters. The van der Waals surface area contributed by atoms with E-state index in [-0.39, 0.29) is 0 Å². The van der Waals surface area contributed by atoms with Gasteiger partial charge < -0.3 is 0 Å². The van der Waals surface area contributed by atoms with E-state index >= 15 is 0 Å². The highest BCUT2D eigenvalue weighted by Gasteiger charge is 2.12. The molecule has 0 unspecified atom stereocenters. The number of benzene rings is 15. The van der Waals surface area contributed by atoms with Gasteiger partial charge in [0.05, 0.1) is 22.1 Å². The number of hydrogen-bond acceptors (Lipinski definition) is 2. The Morgan fingerprint density at radius 2 is 0.380 bits per heavy atom. The summed E-state index contributed by atoms with van der Waals surface area (Å²) < 4.78 is 0. The fourth-order valence-corrected chi connectivity index (χ4v) is 14.0. The van der Waals surface area contributed by atoms with Gasteiger partial charge in [-0.25, -0.2) is 9.97 Å². The molecule has 0 amide bonds. The Morgan fingerprint density at radius 3 is 0.717 bits per heavy atom. The van der Waals surface area contributed by atoms with Crippen molar-refractivity contribution in [1.29, 1.82) is 0 Å². The number of fused-ring (bicyclic) bond motifs is 8. The Bertz CT molecular complexity index is 6360. The zero-order chi connectivity index (χ0) is 60.6. The predicted octanol–water partition coefficient (Wildman–Crippen LogP) is 25.1. The highest BCUT2D eigenvalue weighted by Crippen LogP contribution is 2.39. The lowest BCUT2D eigenvalue weighted by Crippen LogP contribution is -1.87.